The number of nitrogens with one attached hydrogen (secondary N) is 1. The normalized spacial score (nSPS) is 28.4. The Bertz CT molecular complexity index is 333. The zero-order valence-corrected chi connectivity index (χ0v) is 11.5. The first kappa shape index (κ1) is 13.5. The van der Waals surface area contributed by atoms with Crippen molar-refractivity contribution in [2.24, 2.45) is 11.3 Å². The van der Waals surface area contributed by atoms with Gasteiger partial charge in [0, 0.05) is 12.3 Å². The number of nitrogens with zero attached hydrogens (tertiary/aromatic N) is 1. The van der Waals surface area contributed by atoms with Gasteiger partial charge in [-0.1, -0.05) is 20.3 Å². The number of likely N-dealkylation sites (tertiary alicyclic amines) is 1. The lowest BCUT2D eigenvalue weighted by Gasteiger charge is -2.47. The van der Waals surface area contributed by atoms with Gasteiger partial charge in [-0.2, -0.15) is 0 Å². The third-order valence-electron chi connectivity index (χ3n) is 4.71. The maximum Gasteiger partial charge on any atom is 0.230 e. The number of rotatable bonds is 3. The van der Waals surface area contributed by atoms with Gasteiger partial charge in [0.05, 0.1) is 0 Å². The zero-order valence-electron chi connectivity index (χ0n) is 11.5. The Balaban J connectivity index is 2.15. The van der Waals surface area contributed by atoms with Crippen LogP contribution in [-0.2, 0) is 9.59 Å². The Labute approximate surface area is 109 Å². The van der Waals surface area contributed by atoms with Gasteiger partial charge in [0.25, 0.3) is 0 Å². The van der Waals surface area contributed by atoms with Crippen LogP contribution in [-0.4, -0.2) is 36.3 Å². The van der Waals surface area contributed by atoms with Crippen molar-refractivity contribution in [2.75, 3.05) is 19.6 Å². The van der Waals surface area contributed by atoms with Gasteiger partial charge >= 0.3 is 0 Å². The van der Waals surface area contributed by atoms with Gasteiger partial charge in [-0.15, -0.1) is 0 Å². The Morgan fingerprint density at radius 1 is 1.28 bits per heavy atom. The molecule has 2 amide bonds. The smallest absolute Gasteiger partial charge is 0.230 e. The number of piperidine rings is 2. The van der Waals surface area contributed by atoms with E-state index < -0.39 is 0 Å². The molecule has 2 fully saturated rings. The molecular weight excluding hydrogens is 228 g/mol. The minimum Gasteiger partial charge on any atom is -0.304 e. The van der Waals surface area contributed by atoms with Gasteiger partial charge in [-0.3, -0.25) is 14.9 Å². The van der Waals surface area contributed by atoms with Gasteiger partial charge in [0.15, 0.2) is 0 Å². The van der Waals surface area contributed by atoms with E-state index in [1.54, 1.807) is 0 Å². The molecule has 4 nitrogen and oxygen atoms in total. The van der Waals surface area contributed by atoms with Crippen molar-refractivity contribution in [1.82, 2.24) is 10.2 Å². The summed E-state index contributed by atoms with van der Waals surface area (Å²) in [5, 5.41) is 2.52. The maximum atomic E-state index is 12.1. The summed E-state index contributed by atoms with van der Waals surface area (Å²) in [5.41, 5.74) is -0.0545. The average Bonchev–Trinajstić information content (AvgIpc) is 2.35. The highest BCUT2D eigenvalue weighted by atomic mass is 16.2. The molecule has 2 rings (SSSR count). The summed E-state index contributed by atoms with van der Waals surface area (Å²) in [7, 11) is 0. The molecule has 2 aliphatic rings. The second-order valence-corrected chi connectivity index (χ2v) is 5.73. The van der Waals surface area contributed by atoms with Crippen molar-refractivity contribution in [3.05, 3.63) is 0 Å². The Kier molecular flexibility index (Phi) is 4.05. The molecule has 0 bridgehead atoms. The molecule has 0 radical (unpaired) electrons. The second kappa shape index (κ2) is 5.39. The van der Waals surface area contributed by atoms with Crippen LogP contribution >= 0.6 is 0 Å². The van der Waals surface area contributed by atoms with Crippen molar-refractivity contribution in [3.8, 4) is 0 Å². The Hall–Kier alpha value is -0.900. The highest BCUT2D eigenvalue weighted by molar-refractivity contribution is 5.99. The van der Waals surface area contributed by atoms with Crippen molar-refractivity contribution >= 4 is 11.8 Å². The van der Waals surface area contributed by atoms with Crippen molar-refractivity contribution in [2.45, 2.75) is 46.0 Å². The van der Waals surface area contributed by atoms with E-state index in [0.29, 0.717) is 6.42 Å². The summed E-state index contributed by atoms with van der Waals surface area (Å²) in [6, 6.07) is 0. The van der Waals surface area contributed by atoms with E-state index in [2.05, 4.69) is 24.1 Å². The molecule has 2 heterocycles. The quantitative estimate of drug-likeness (QED) is 0.775. The molecule has 4 heteroatoms. The summed E-state index contributed by atoms with van der Waals surface area (Å²) >= 11 is 0. The van der Waals surface area contributed by atoms with Crippen molar-refractivity contribution < 1.29 is 9.59 Å². The van der Waals surface area contributed by atoms with Gasteiger partial charge < -0.3 is 4.90 Å². The van der Waals surface area contributed by atoms with Crippen LogP contribution in [0.1, 0.15) is 46.0 Å². The van der Waals surface area contributed by atoms with E-state index in [0.717, 1.165) is 45.3 Å². The maximum absolute atomic E-state index is 12.1. The third kappa shape index (κ3) is 2.44. The first-order valence-corrected chi connectivity index (χ1v) is 7.17. The first-order valence-electron chi connectivity index (χ1n) is 7.17. The molecule has 0 aromatic heterocycles. The van der Waals surface area contributed by atoms with Gasteiger partial charge in [0.2, 0.25) is 11.8 Å². The molecule has 0 saturated carbocycles. The van der Waals surface area contributed by atoms with E-state index in [-0.39, 0.29) is 23.1 Å². The minimum absolute atomic E-state index is 0.0296. The fourth-order valence-corrected chi connectivity index (χ4v) is 3.56. The zero-order chi connectivity index (χ0) is 13.2. The Morgan fingerprint density at radius 2 is 1.94 bits per heavy atom. The first-order chi connectivity index (χ1) is 8.61. The lowest BCUT2D eigenvalue weighted by molar-refractivity contribution is -0.146. The molecule has 0 aromatic rings. The topological polar surface area (TPSA) is 49.4 Å². The van der Waals surface area contributed by atoms with Gasteiger partial charge in [-0.05, 0) is 44.3 Å². The summed E-state index contributed by atoms with van der Waals surface area (Å²) in [5.74, 6) is -0.0606. The van der Waals surface area contributed by atoms with Crippen molar-refractivity contribution in [3.63, 3.8) is 0 Å². The lowest BCUT2D eigenvalue weighted by Crippen LogP contribution is -2.55. The molecule has 1 atom stereocenters. The molecule has 18 heavy (non-hydrogen) atoms. The average molecular weight is 252 g/mol. The fourth-order valence-electron chi connectivity index (χ4n) is 3.56. The van der Waals surface area contributed by atoms with Crippen LogP contribution in [0.25, 0.3) is 0 Å². The van der Waals surface area contributed by atoms with E-state index >= 15 is 0 Å². The number of imide groups is 1. The molecule has 0 aliphatic carbocycles. The highest BCUT2D eigenvalue weighted by Gasteiger charge is 2.48. The number of carbonyl (C=O) groups is 2. The van der Waals surface area contributed by atoms with Crippen molar-refractivity contribution in [1.29, 1.82) is 0 Å². The molecule has 2 aliphatic heterocycles. The molecule has 2 saturated heterocycles. The lowest BCUT2D eigenvalue weighted by atomic mass is 9.63. The third-order valence-corrected chi connectivity index (χ3v) is 4.71. The standard InChI is InChI=1S/C14H24N2O2/c1-3-5-11-13(18)15-12(17)10-14(11)6-8-16(4-2)9-7-14/h11H,3-10H2,1-2H3,(H,15,17,18). The van der Waals surface area contributed by atoms with E-state index in [1.807, 2.05) is 0 Å². The molecule has 1 N–H and O–H groups in total. The highest BCUT2D eigenvalue weighted by Crippen LogP contribution is 2.46. The predicted octanol–water partition coefficient (Wildman–Crippen LogP) is 1.55. The second-order valence-electron chi connectivity index (χ2n) is 5.73. The summed E-state index contributed by atoms with van der Waals surface area (Å²) in [6.45, 7) is 7.39. The molecular formula is C14H24N2O2. The number of hydrogen-bond acceptors (Lipinski definition) is 3. The van der Waals surface area contributed by atoms with Gasteiger partial charge in [0.1, 0.15) is 0 Å². The predicted molar refractivity (Wildman–Crippen MR) is 69.9 cm³/mol. The summed E-state index contributed by atoms with van der Waals surface area (Å²) < 4.78 is 0. The van der Waals surface area contributed by atoms with E-state index in [9.17, 15) is 9.59 Å². The van der Waals surface area contributed by atoms with Crippen LogP contribution < -0.4 is 5.32 Å². The van der Waals surface area contributed by atoms with Crippen LogP contribution in [0.3, 0.4) is 0 Å². The van der Waals surface area contributed by atoms with Crippen LogP contribution in [0.2, 0.25) is 0 Å². The molecule has 0 aromatic carbocycles. The van der Waals surface area contributed by atoms with Crippen LogP contribution in [0.5, 0.6) is 0 Å². The monoisotopic (exact) mass is 252 g/mol. The fraction of sp³-hybridized carbons (Fsp3) is 0.857. The largest absolute Gasteiger partial charge is 0.304 e. The summed E-state index contributed by atoms with van der Waals surface area (Å²) in [6.07, 6.45) is 4.44. The Morgan fingerprint density at radius 3 is 2.50 bits per heavy atom. The van der Waals surface area contributed by atoms with Crippen LogP contribution in [0.15, 0.2) is 0 Å². The number of hydrogen-bond donors (Lipinski definition) is 1. The molecule has 1 spiro atoms. The van der Waals surface area contributed by atoms with Gasteiger partial charge in [-0.25, -0.2) is 0 Å². The molecule has 1 unspecified atom stereocenters. The minimum atomic E-state index is -0.0719. The number of amides is 2. The van der Waals surface area contributed by atoms with Crippen LogP contribution in [0.4, 0.5) is 0 Å². The van der Waals surface area contributed by atoms with E-state index in [4.69, 9.17) is 0 Å². The van der Waals surface area contributed by atoms with Crippen LogP contribution in [0, 0.1) is 11.3 Å². The van der Waals surface area contributed by atoms with E-state index in [1.165, 1.54) is 0 Å². The molecule has 102 valence electrons. The summed E-state index contributed by atoms with van der Waals surface area (Å²) in [4.78, 5) is 26.2. The SMILES string of the molecule is CCCC1C(=O)NC(=O)CC12CCN(CC)CC2. The number of carbonyl (C=O) groups excluding carboxylic acids is 2.